The van der Waals surface area contributed by atoms with E-state index in [2.05, 4.69) is 20.6 Å². The van der Waals surface area contributed by atoms with E-state index in [1.807, 2.05) is 55.5 Å². The Labute approximate surface area is 159 Å². The molecule has 8 heteroatoms. The third-order valence-electron chi connectivity index (χ3n) is 4.16. The Balaban J connectivity index is 1.53. The van der Waals surface area contributed by atoms with E-state index in [-0.39, 0.29) is 5.65 Å². The van der Waals surface area contributed by atoms with Crippen molar-refractivity contribution in [3.8, 4) is 11.5 Å². The maximum atomic E-state index is 13.0. The molecule has 142 valence electrons. The highest BCUT2D eigenvalue weighted by atomic mass is 19.3. The molecule has 0 bridgehead atoms. The zero-order valence-electron chi connectivity index (χ0n) is 15.0. The summed E-state index contributed by atoms with van der Waals surface area (Å²) >= 11 is 0. The number of rotatable bonds is 6. The van der Waals surface area contributed by atoms with Gasteiger partial charge in [0.1, 0.15) is 17.3 Å². The molecule has 0 amide bonds. The number of hydrogen-bond donors (Lipinski definition) is 1. The number of para-hydroxylation sites is 1. The van der Waals surface area contributed by atoms with Gasteiger partial charge in [-0.3, -0.25) is 0 Å². The van der Waals surface area contributed by atoms with Crippen molar-refractivity contribution in [2.24, 2.45) is 0 Å². The Morgan fingerprint density at radius 3 is 2.57 bits per heavy atom. The Hall–Kier alpha value is -3.55. The lowest BCUT2D eigenvalue weighted by Crippen LogP contribution is -2.06. The predicted octanol–water partition coefficient (Wildman–Crippen LogP) is 4.77. The second-order valence-electron chi connectivity index (χ2n) is 6.22. The van der Waals surface area contributed by atoms with Crippen molar-refractivity contribution >= 4 is 11.5 Å². The van der Waals surface area contributed by atoms with Crippen LogP contribution < -0.4 is 10.1 Å². The molecule has 4 aromatic rings. The van der Waals surface area contributed by atoms with Gasteiger partial charge in [0, 0.05) is 12.1 Å². The molecule has 1 N–H and O–H groups in total. The molecule has 0 aliphatic carbocycles. The van der Waals surface area contributed by atoms with E-state index in [0.29, 0.717) is 18.1 Å². The van der Waals surface area contributed by atoms with Crippen molar-refractivity contribution in [1.82, 2.24) is 19.8 Å². The largest absolute Gasteiger partial charge is 0.457 e. The fraction of sp³-hybridized carbons (Fsp3) is 0.150. The number of hydrogen-bond acceptors (Lipinski definition) is 5. The van der Waals surface area contributed by atoms with Gasteiger partial charge in [0.25, 0.3) is 6.43 Å². The molecule has 0 unspecified atom stereocenters. The first-order valence-electron chi connectivity index (χ1n) is 8.67. The fourth-order valence-corrected chi connectivity index (χ4v) is 2.70. The van der Waals surface area contributed by atoms with E-state index in [0.717, 1.165) is 21.4 Å². The van der Waals surface area contributed by atoms with Gasteiger partial charge in [-0.1, -0.05) is 35.9 Å². The molecule has 0 atom stereocenters. The van der Waals surface area contributed by atoms with Crippen LogP contribution in [0.3, 0.4) is 0 Å². The summed E-state index contributed by atoms with van der Waals surface area (Å²) in [6.07, 6.45) is -2.75. The third-order valence-corrected chi connectivity index (χ3v) is 4.16. The summed E-state index contributed by atoms with van der Waals surface area (Å²) in [5.41, 5.74) is 2.33. The SMILES string of the molecule is Cc1ccc(Oc2ccccc2CNc2ccc3nnc(C(F)F)n3n2)cc1. The lowest BCUT2D eigenvalue weighted by atomic mass is 10.2. The van der Waals surface area contributed by atoms with Crippen LogP contribution in [-0.4, -0.2) is 19.8 Å². The van der Waals surface area contributed by atoms with Crippen LogP contribution in [0.5, 0.6) is 11.5 Å². The molecular weight excluding hydrogens is 364 g/mol. The van der Waals surface area contributed by atoms with Gasteiger partial charge in [-0.25, -0.2) is 8.78 Å². The highest BCUT2D eigenvalue weighted by molar-refractivity contribution is 5.46. The van der Waals surface area contributed by atoms with Gasteiger partial charge < -0.3 is 10.1 Å². The Kier molecular flexibility index (Phi) is 4.84. The van der Waals surface area contributed by atoms with Gasteiger partial charge >= 0.3 is 0 Å². The molecule has 0 radical (unpaired) electrons. The molecule has 0 aliphatic heterocycles. The minimum atomic E-state index is -2.75. The predicted molar refractivity (Wildman–Crippen MR) is 101 cm³/mol. The van der Waals surface area contributed by atoms with Gasteiger partial charge in [-0.15, -0.1) is 15.3 Å². The van der Waals surface area contributed by atoms with E-state index >= 15 is 0 Å². The zero-order valence-corrected chi connectivity index (χ0v) is 15.0. The van der Waals surface area contributed by atoms with Crippen LogP contribution in [0.2, 0.25) is 0 Å². The Morgan fingerprint density at radius 1 is 1.00 bits per heavy atom. The molecule has 2 aromatic carbocycles. The number of ether oxygens (including phenoxy) is 1. The van der Waals surface area contributed by atoms with Crippen LogP contribution in [0.1, 0.15) is 23.4 Å². The summed E-state index contributed by atoms with van der Waals surface area (Å²) in [5.74, 6) is 1.39. The molecule has 6 nitrogen and oxygen atoms in total. The van der Waals surface area contributed by atoms with Crippen LogP contribution in [0.25, 0.3) is 5.65 Å². The molecule has 0 saturated heterocycles. The molecule has 0 saturated carbocycles. The highest BCUT2D eigenvalue weighted by Crippen LogP contribution is 2.26. The van der Waals surface area contributed by atoms with Crippen LogP contribution in [-0.2, 0) is 6.54 Å². The quantitative estimate of drug-likeness (QED) is 0.521. The number of fused-ring (bicyclic) bond motifs is 1. The summed E-state index contributed by atoms with van der Waals surface area (Å²) < 4.78 is 33.0. The van der Waals surface area contributed by atoms with Crippen molar-refractivity contribution in [2.45, 2.75) is 19.9 Å². The summed E-state index contributed by atoms with van der Waals surface area (Å²) in [5, 5.41) is 14.4. The van der Waals surface area contributed by atoms with Gasteiger partial charge in [-0.2, -0.15) is 4.52 Å². The number of nitrogens with one attached hydrogen (secondary N) is 1. The van der Waals surface area contributed by atoms with Crippen molar-refractivity contribution in [2.75, 3.05) is 5.32 Å². The number of nitrogens with zero attached hydrogens (tertiary/aromatic N) is 4. The third kappa shape index (κ3) is 3.75. The van der Waals surface area contributed by atoms with Gasteiger partial charge in [0.15, 0.2) is 5.65 Å². The normalized spacial score (nSPS) is 11.1. The van der Waals surface area contributed by atoms with Crippen molar-refractivity contribution < 1.29 is 13.5 Å². The molecule has 0 aliphatic rings. The number of benzene rings is 2. The standard InChI is InChI=1S/C20H17F2N5O/c1-13-6-8-15(9-7-13)28-16-5-3-2-4-14(16)12-23-17-10-11-18-24-25-20(19(21)22)27(18)26-17/h2-11,19H,12H2,1H3,(H,23,26). The molecule has 28 heavy (non-hydrogen) atoms. The van der Waals surface area contributed by atoms with Crippen molar-refractivity contribution in [1.29, 1.82) is 0 Å². The van der Waals surface area contributed by atoms with E-state index in [4.69, 9.17) is 4.74 Å². The first-order chi connectivity index (χ1) is 13.6. The number of aryl methyl sites for hydroxylation is 1. The lowest BCUT2D eigenvalue weighted by molar-refractivity contribution is 0.137. The average Bonchev–Trinajstić information content (AvgIpc) is 3.12. The fourth-order valence-electron chi connectivity index (χ4n) is 2.70. The van der Waals surface area contributed by atoms with Crippen LogP contribution in [0, 0.1) is 6.92 Å². The van der Waals surface area contributed by atoms with E-state index in [1.165, 1.54) is 0 Å². The summed E-state index contributed by atoms with van der Waals surface area (Å²) in [4.78, 5) is 0. The van der Waals surface area contributed by atoms with Crippen LogP contribution in [0.4, 0.5) is 14.6 Å². The monoisotopic (exact) mass is 381 g/mol. The molecule has 0 fully saturated rings. The molecule has 4 rings (SSSR count). The maximum Gasteiger partial charge on any atom is 0.299 e. The van der Waals surface area contributed by atoms with Crippen molar-refractivity contribution in [3.05, 3.63) is 77.6 Å². The maximum absolute atomic E-state index is 13.0. The first kappa shape index (κ1) is 17.8. The second-order valence-corrected chi connectivity index (χ2v) is 6.22. The van der Waals surface area contributed by atoms with E-state index in [9.17, 15) is 8.78 Å². The number of anilines is 1. The number of aromatic nitrogens is 4. The molecule has 2 aromatic heterocycles. The summed E-state index contributed by atoms with van der Waals surface area (Å²) in [6, 6.07) is 18.6. The Morgan fingerprint density at radius 2 is 1.79 bits per heavy atom. The van der Waals surface area contributed by atoms with Gasteiger partial charge in [0.2, 0.25) is 5.82 Å². The molecular formula is C20H17F2N5O. The smallest absolute Gasteiger partial charge is 0.299 e. The lowest BCUT2D eigenvalue weighted by Gasteiger charge is -2.12. The molecule has 0 spiro atoms. The van der Waals surface area contributed by atoms with E-state index in [1.54, 1.807) is 12.1 Å². The number of alkyl halides is 2. The summed E-state index contributed by atoms with van der Waals surface area (Å²) in [6.45, 7) is 2.42. The number of halogens is 2. The van der Waals surface area contributed by atoms with Gasteiger partial charge in [0.05, 0.1) is 0 Å². The first-order valence-corrected chi connectivity index (χ1v) is 8.67. The van der Waals surface area contributed by atoms with Crippen LogP contribution in [0.15, 0.2) is 60.7 Å². The summed E-state index contributed by atoms with van der Waals surface area (Å²) in [7, 11) is 0. The van der Waals surface area contributed by atoms with Crippen LogP contribution >= 0.6 is 0 Å². The Bertz CT molecular complexity index is 1100. The van der Waals surface area contributed by atoms with Crippen molar-refractivity contribution in [3.63, 3.8) is 0 Å². The minimum absolute atomic E-state index is 0.268. The minimum Gasteiger partial charge on any atom is -0.457 e. The highest BCUT2D eigenvalue weighted by Gasteiger charge is 2.17. The van der Waals surface area contributed by atoms with Gasteiger partial charge in [-0.05, 0) is 37.3 Å². The average molecular weight is 381 g/mol. The van der Waals surface area contributed by atoms with E-state index < -0.39 is 12.2 Å². The molecule has 2 heterocycles. The topological polar surface area (TPSA) is 64.3 Å². The second kappa shape index (κ2) is 7.59. The zero-order chi connectivity index (χ0) is 19.5.